The fraction of sp³-hybridized carbons (Fsp3) is 1.00. The van der Waals surface area contributed by atoms with Crippen molar-refractivity contribution in [3.8, 4) is 0 Å². The molecule has 2 fully saturated rings. The van der Waals surface area contributed by atoms with Gasteiger partial charge in [-0.15, -0.1) is 0 Å². The normalized spacial score (nSPS) is 31.4. The molecule has 0 radical (unpaired) electrons. The van der Waals surface area contributed by atoms with Crippen LogP contribution in [0.3, 0.4) is 0 Å². The zero-order valence-electron chi connectivity index (χ0n) is 13.5. The Balaban J connectivity index is 2.02. The Kier molecular flexibility index (Phi) is 6.31. The molecule has 2 unspecified atom stereocenters. The lowest BCUT2D eigenvalue weighted by atomic mass is 9.79. The highest BCUT2D eigenvalue weighted by Crippen LogP contribution is 2.37. The Hall–Kier alpha value is -0.120. The second-order valence-corrected chi connectivity index (χ2v) is 7.18. The summed E-state index contributed by atoms with van der Waals surface area (Å²) in [6, 6.07) is 0.400. The lowest BCUT2D eigenvalue weighted by molar-refractivity contribution is 0.0791. The highest BCUT2D eigenvalue weighted by molar-refractivity contribution is 4.92. The standard InChI is InChI=1S/C17H34N2O/c1-3-18-13-17(9-6-4-5-7-10-17)14-19-11-8-15(2)16(19)12-20/h15-16,18,20H,3-14H2,1-2H3. The molecule has 1 heterocycles. The van der Waals surface area contributed by atoms with E-state index in [0.717, 1.165) is 13.1 Å². The Morgan fingerprint density at radius 3 is 2.50 bits per heavy atom. The molecule has 0 spiro atoms. The van der Waals surface area contributed by atoms with Crippen LogP contribution in [0.4, 0.5) is 0 Å². The van der Waals surface area contributed by atoms with E-state index in [1.165, 1.54) is 58.0 Å². The fourth-order valence-electron chi connectivity index (χ4n) is 4.27. The summed E-state index contributed by atoms with van der Waals surface area (Å²) in [6.45, 7) is 9.44. The lowest BCUT2D eigenvalue weighted by Crippen LogP contribution is -2.47. The van der Waals surface area contributed by atoms with Crippen molar-refractivity contribution >= 4 is 0 Å². The molecule has 0 aromatic rings. The number of hydrogen-bond donors (Lipinski definition) is 2. The van der Waals surface area contributed by atoms with Crippen molar-refractivity contribution in [1.82, 2.24) is 10.2 Å². The van der Waals surface area contributed by atoms with Crippen LogP contribution in [-0.4, -0.2) is 48.8 Å². The van der Waals surface area contributed by atoms with Crippen LogP contribution in [0, 0.1) is 11.3 Å². The van der Waals surface area contributed by atoms with Gasteiger partial charge in [0.15, 0.2) is 0 Å². The van der Waals surface area contributed by atoms with Gasteiger partial charge in [-0.3, -0.25) is 4.90 Å². The van der Waals surface area contributed by atoms with E-state index in [-0.39, 0.29) is 0 Å². The summed E-state index contributed by atoms with van der Waals surface area (Å²) in [6.07, 6.45) is 9.58. The van der Waals surface area contributed by atoms with E-state index in [1.54, 1.807) is 0 Å². The van der Waals surface area contributed by atoms with Gasteiger partial charge in [0.25, 0.3) is 0 Å². The number of nitrogens with zero attached hydrogens (tertiary/aromatic N) is 1. The third kappa shape index (κ3) is 3.96. The van der Waals surface area contributed by atoms with Crippen molar-refractivity contribution in [1.29, 1.82) is 0 Å². The van der Waals surface area contributed by atoms with E-state index >= 15 is 0 Å². The van der Waals surface area contributed by atoms with Crippen LogP contribution in [0.1, 0.15) is 58.8 Å². The van der Waals surface area contributed by atoms with Crippen LogP contribution in [0.5, 0.6) is 0 Å². The van der Waals surface area contributed by atoms with Crippen molar-refractivity contribution in [2.75, 3.05) is 32.8 Å². The van der Waals surface area contributed by atoms with E-state index in [9.17, 15) is 5.11 Å². The number of likely N-dealkylation sites (tertiary alicyclic amines) is 1. The van der Waals surface area contributed by atoms with E-state index in [4.69, 9.17) is 0 Å². The highest BCUT2D eigenvalue weighted by atomic mass is 16.3. The van der Waals surface area contributed by atoms with Gasteiger partial charge in [-0.1, -0.05) is 39.5 Å². The smallest absolute Gasteiger partial charge is 0.0589 e. The topological polar surface area (TPSA) is 35.5 Å². The summed E-state index contributed by atoms with van der Waals surface area (Å²) in [4.78, 5) is 2.59. The van der Waals surface area contributed by atoms with Crippen LogP contribution < -0.4 is 5.32 Å². The average Bonchev–Trinajstić information content (AvgIpc) is 2.65. The maximum absolute atomic E-state index is 9.69. The Morgan fingerprint density at radius 2 is 1.90 bits per heavy atom. The maximum Gasteiger partial charge on any atom is 0.0589 e. The van der Waals surface area contributed by atoms with Crippen molar-refractivity contribution in [3.05, 3.63) is 0 Å². The molecular formula is C17H34N2O. The van der Waals surface area contributed by atoms with Crippen LogP contribution in [-0.2, 0) is 0 Å². The molecule has 2 aliphatic rings. The Morgan fingerprint density at radius 1 is 1.20 bits per heavy atom. The number of aliphatic hydroxyl groups is 1. The third-order valence-electron chi connectivity index (χ3n) is 5.64. The lowest BCUT2D eigenvalue weighted by Gasteiger charge is -2.39. The molecule has 0 aromatic heterocycles. The third-order valence-corrected chi connectivity index (χ3v) is 5.64. The second kappa shape index (κ2) is 7.77. The minimum Gasteiger partial charge on any atom is -0.395 e. The maximum atomic E-state index is 9.69. The minimum atomic E-state index is 0.332. The largest absolute Gasteiger partial charge is 0.395 e. The quantitative estimate of drug-likeness (QED) is 0.735. The van der Waals surface area contributed by atoms with E-state index in [2.05, 4.69) is 24.1 Å². The summed E-state index contributed by atoms with van der Waals surface area (Å²) in [7, 11) is 0. The molecule has 0 amide bonds. The first-order chi connectivity index (χ1) is 9.71. The van der Waals surface area contributed by atoms with Crippen LogP contribution in [0.2, 0.25) is 0 Å². The molecule has 0 bridgehead atoms. The zero-order valence-corrected chi connectivity index (χ0v) is 13.5. The fourth-order valence-corrected chi connectivity index (χ4v) is 4.27. The van der Waals surface area contributed by atoms with Crippen molar-refractivity contribution in [2.45, 2.75) is 64.8 Å². The number of hydrogen-bond acceptors (Lipinski definition) is 3. The minimum absolute atomic E-state index is 0.332. The average molecular weight is 282 g/mol. The molecule has 0 aromatic carbocycles. The first-order valence-corrected chi connectivity index (χ1v) is 8.76. The summed E-state index contributed by atoms with van der Waals surface area (Å²) in [5.74, 6) is 0.655. The molecule has 2 N–H and O–H groups in total. The van der Waals surface area contributed by atoms with Crippen molar-refractivity contribution in [2.24, 2.45) is 11.3 Å². The van der Waals surface area contributed by atoms with Crippen LogP contribution >= 0.6 is 0 Å². The predicted molar refractivity (Wildman–Crippen MR) is 84.9 cm³/mol. The van der Waals surface area contributed by atoms with E-state index in [1.807, 2.05) is 0 Å². The number of rotatable bonds is 6. The molecule has 20 heavy (non-hydrogen) atoms. The van der Waals surface area contributed by atoms with Crippen LogP contribution in [0.25, 0.3) is 0 Å². The van der Waals surface area contributed by atoms with Gasteiger partial charge in [0.1, 0.15) is 0 Å². The van der Waals surface area contributed by atoms with Gasteiger partial charge in [0.05, 0.1) is 6.61 Å². The van der Waals surface area contributed by atoms with Gasteiger partial charge in [-0.05, 0) is 43.7 Å². The van der Waals surface area contributed by atoms with Gasteiger partial charge >= 0.3 is 0 Å². The summed E-state index contributed by atoms with van der Waals surface area (Å²) in [5.41, 5.74) is 0.448. The highest BCUT2D eigenvalue weighted by Gasteiger charge is 2.38. The summed E-state index contributed by atoms with van der Waals surface area (Å²) >= 11 is 0. The molecule has 118 valence electrons. The van der Waals surface area contributed by atoms with E-state index in [0.29, 0.717) is 24.0 Å². The zero-order chi connectivity index (χ0) is 14.4. The molecule has 1 saturated carbocycles. The number of aliphatic hydroxyl groups excluding tert-OH is 1. The van der Waals surface area contributed by atoms with Gasteiger partial charge in [0.2, 0.25) is 0 Å². The number of nitrogens with one attached hydrogen (secondary N) is 1. The monoisotopic (exact) mass is 282 g/mol. The van der Waals surface area contributed by atoms with E-state index < -0.39 is 0 Å². The van der Waals surface area contributed by atoms with Crippen molar-refractivity contribution in [3.63, 3.8) is 0 Å². The van der Waals surface area contributed by atoms with Gasteiger partial charge in [-0.2, -0.15) is 0 Å². The first-order valence-electron chi connectivity index (χ1n) is 8.76. The summed E-state index contributed by atoms with van der Waals surface area (Å²) in [5, 5.41) is 13.3. The SMILES string of the molecule is CCNCC1(CN2CCC(C)C2CO)CCCCCC1. The predicted octanol–water partition coefficient (Wildman–Crippen LogP) is 2.64. The van der Waals surface area contributed by atoms with Gasteiger partial charge < -0.3 is 10.4 Å². The molecule has 1 aliphatic heterocycles. The molecule has 2 atom stereocenters. The molecule has 1 aliphatic carbocycles. The molecule has 2 rings (SSSR count). The molecule has 3 nitrogen and oxygen atoms in total. The second-order valence-electron chi connectivity index (χ2n) is 7.18. The molecular weight excluding hydrogens is 248 g/mol. The van der Waals surface area contributed by atoms with Crippen molar-refractivity contribution < 1.29 is 5.11 Å². The van der Waals surface area contributed by atoms with Gasteiger partial charge in [-0.25, -0.2) is 0 Å². The Bertz CT molecular complexity index is 274. The van der Waals surface area contributed by atoms with Crippen LogP contribution in [0.15, 0.2) is 0 Å². The van der Waals surface area contributed by atoms with Gasteiger partial charge in [0, 0.05) is 19.1 Å². The summed E-state index contributed by atoms with van der Waals surface area (Å²) < 4.78 is 0. The first kappa shape index (κ1) is 16.3. The molecule has 1 saturated heterocycles. The Labute approximate surface area is 125 Å². The molecule has 3 heteroatoms.